The number of halogens is 3. The second kappa shape index (κ2) is 6.37. The summed E-state index contributed by atoms with van der Waals surface area (Å²) in [6.45, 7) is 0.241. The van der Waals surface area contributed by atoms with Gasteiger partial charge in [-0.2, -0.15) is 0 Å². The topological polar surface area (TPSA) is 46.5 Å². The lowest BCUT2D eigenvalue weighted by atomic mass is 10.1. The minimum absolute atomic E-state index is 0.198. The first kappa shape index (κ1) is 15.0. The first-order chi connectivity index (χ1) is 9.47. The molecule has 0 aliphatic carbocycles. The van der Waals surface area contributed by atoms with Crippen molar-refractivity contribution in [2.24, 2.45) is 0 Å². The van der Waals surface area contributed by atoms with E-state index in [9.17, 15) is 9.18 Å². The predicted octanol–water partition coefficient (Wildman–Crippen LogP) is 4.63. The van der Waals surface area contributed by atoms with Crippen LogP contribution in [0.25, 0.3) is 0 Å². The van der Waals surface area contributed by atoms with Gasteiger partial charge in [0.25, 0.3) is 0 Å². The second-order valence-electron chi connectivity index (χ2n) is 3.97. The summed E-state index contributed by atoms with van der Waals surface area (Å²) >= 11 is 6.52. The summed E-state index contributed by atoms with van der Waals surface area (Å²) in [5, 5.41) is 8.88. The van der Waals surface area contributed by atoms with Crippen LogP contribution in [0.3, 0.4) is 0 Å². The van der Waals surface area contributed by atoms with Crippen LogP contribution in [0.2, 0.25) is 0 Å². The lowest BCUT2D eigenvalue weighted by Gasteiger charge is -2.10. The Morgan fingerprint density at radius 2 is 1.90 bits per heavy atom. The molecule has 3 nitrogen and oxygen atoms in total. The van der Waals surface area contributed by atoms with Crippen LogP contribution in [-0.4, -0.2) is 11.1 Å². The van der Waals surface area contributed by atoms with Crippen molar-refractivity contribution in [3.8, 4) is 5.75 Å². The van der Waals surface area contributed by atoms with Crippen molar-refractivity contribution in [3.63, 3.8) is 0 Å². The maximum atomic E-state index is 12.9. The summed E-state index contributed by atoms with van der Waals surface area (Å²) in [6, 6.07) is 8.84. The molecule has 0 radical (unpaired) electrons. The molecule has 0 amide bonds. The van der Waals surface area contributed by atoms with Crippen LogP contribution in [0, 0.1) is 5.82 Å². The predicted molar refractivity (Wildman–Crippen MR) is 79.5 cm³/mol. The number of ether oxygens (including phenoxy) is 1. The van der Waals surface area contributed by atoms with E-state index in [4.69, 9.17) is 9.84 Å². The second-order valence-corrected chi connectivity index (χ2v) is 5.68. The van der Waals surface area contributed by atoms with E-state index in [1.807, 2.05) is 0 Å². The highest BCUT2D eigenvalue weighted by molar-refractivity contribution is 9.10. The average Bonchev–Trinajstić information content (AvgIpc) is 2.38. The summed E-state index contributed by atoms with van der Waals surface area (Å²) in [4.78, 5) is 10.8. The van der Waals surface area contributed by atoms with Crippen molar-refractivity contribution in [2.45, 2.75) is 6.61 Å². The van der Waals surface area contributed by atoms with Crippen molar-refractivity contribution in [2.75, 3.05) is 0 Å². The van der Waals surface area contributed by atoms with Crippen LogP contribution in [0.5, 0.6) is 5.75 Å². The molecule has 0 aliphatic rings. The van der Waals surface area contributed by atoms with Gasteiger partial charge in [-0.3, -0.25) is 0 Å². The van der Waals surface area contributed by atoms with E-state index in [0.29, 0.717) is 14.7 Å². The van der Waals surface area contributed by atoms with E-state index in [-0.39, 0.29) is 18.0 Å². The number of aromatic carboxylic acids is 1. The molecule has 2 aromatic carbocycles. The van der Waals surface area contributed by atoms with E-state index in [1.54, 1.807) is 6.07 Å². The Bertz CT molecular complexity index is 659. The zero-order valence-electron chi connectivity index (χ0n) is 10.1. The molecule has 0 heterocycles. The van der Waals surface area contributed by atoms with Gasteiger partial charge in [-0.05, 0) is 46.3 Å². The number of rotatable bonds is 4. The molecule has 20 heavy (non-hydrogen) atoms. The quantitative estimate of drug-likeness (QED) is 0.809. The Hall–Kier alpha value is -1.40. The third-order valence-electron chi connectivity index (χ3n) is 2.58. The number of carboxylic acids is 1. The fourth-order valence-electron chi connectivity index (χ4n) is 1.55. The van der Waals surface area contributed by atoms with Gasteiger partial charge in [0.1, 0.15) is 18.2 Å². The molecule has 0 aromatic heterocycles. The molecule has 0 fully saturated rings. The van der Waals surface area contributed by atoms with Crippen molar-refractivity contribution < 1.29 is 19.0 Å². The fourth-order valence-corrected chi connectivity index (χ4v) is 2.50. The summed E-state index contributed by atoms with van der Waals surface area (Å²) in [5.41, 5.74) is 0.995. The van der Waals surface area contributed by atoms with Gasteiger partial charge in [-0.25, -0.2) is 9.18 Å². The first-order valence-corrected chi connectivity index (χ1v) is 7.15. The maximum Gasteiger partial charge on any atom is 0.335 e. The highest BCUT2D eigenvalue weighted by Crippen LogP contribution is 2.27. The Labute approximate surface area is 131 Å². The number of benzene rings is 2. The summed E-state index contributed by atoms with van der Waals surface area (Å²) in [5.74, 6) is -0.823. The number of carboxylic acid groups (broad SMARTS) is 1. The molecule has 2 rings (SSSR count). The molecule has 1 N–H and O–H groups in total. The fraction of sp³-hybridized carbons (Fsp3) is 0.0714. The Morgan fingerprint density at radius 1 is 1.15 bits per heavy atom. The van der Waals surface area contributed by atoms with Gasteiger partial charge >= 0.3 is 5.97 Å². The van der Waals surface area contributed by atoms with Crippen molar-refractivity contribution >= 4 is 37.8 Å². The smallest absolute Gasteiger partial charge is 0.335 e. The molecular weight excluding hydrogens is 395 g/mol. The van der Waals surface area contributed by atoms with Gasteiger partial charge < -0.3 is 9.84 Å². The molecule has 0 bridgehead atoms. The largest absolute Gasteiger partial charge is 0.488 e. The molecule has 6 heteroatoms. The van der Waals surface area contributed by atoms with Crippen molar-refractivity contribution in [1.29, 1.82) is 0 Å². The Kier molecular flexibility index (Phi) is 4.77. The Morgan fingerprint density at radius 3 is 2.50 bits per heavy atom. The molecular formula is C14H9Br2FO3. The minimum atomic E-state index is -0.987. The van der Waals surface area contributed by atoms with Gasteiger partial charge in [0.15, 0.2) is 0 Å². The van der Waals surface area contributed by atoms with Crippen LogP contribution >= 0.6 is 31.9 Å². The third kappa shape index (κ3) is 3.58. The van der Waals surface area contributed by atoms with Gasteiger partial charge in [-0.1, -0.05) is 22.0 Å². The monoisotopic (exact) mass is 402 g/mol. The van der Waals surface area contributed by atoms with Gasteiger partial charge in [0.05, 0.1) is 10.0 Å². The highest BCUT2D eigenvalue weighted by atomic mass is 79.9. The number of carbonyl (C=O) groups is 1. The molecule has 0 spiro atoms. The maximum absolute atomic E-state index is 12.9. The molecule has 0 saturated heterocycles. The van der Waals surface area contributed by atoms with E-state index in [0.717, 1.165) is 5.56 Å². The van der Waals surface area contributed by atoms with Gasteiger partial charge in [0, 0.05) is 10.0 Å². The lowest BCUT2D eigenvalue weighted by molar-refractivity contribution is 0.0696. The highest BCUT2D eigenvalue weighted by Gasteiger charge is 2.08. The molecule has 0 atom stereocenters. The minimum Gasteiger partial charge on any atom is -0.488 e. The Balaban J connectivity index is 2.13. The summed E-state index contributed by atoms with van der Waals surface area (Å²) in [6.07, 6.45) is 0. The van der Waals surface area contributed by atoms with Crippen molar-refractivity contribution in [1.82, 2.24) is 0 Å². The van der Waals surface area contributed by atoms with E-state index >= 15 is 0 Å². The van der Waals surface area contributed by atoms with E-state index in [2.05, 4.69) is 31.9 Å². The van der Waals surface area contributed by atoms with Crippen LogP contribution in [-0.2, 0) is 6.61 Å². The normalized spacial score (nSPS) is 10.3. The van der Waals surface area contributed by atoms with Crippen molar-refractivity contribution in [3.05, 3.63) is 62.3 Å². The number of hydrogen-bond donors (Lipinski definition) is 1. The molecule has 0 aliphatic heterocycles. The standard InChI is InChI=1S/C14H9Br2FO3/c15-11-5-8(14(18)19)1-2-9(11)7-20-13-4-3-10(17)6-12(13)16/h1-6H,7H2,(H,18,19). The van der Waals surface area contributed by atoms with E-state index < -0.39 is 5.97 Å². The number of hydrogen-bond acceptors (Lipinski definition) is 2. The van der Waals surface area contributed by atoms with Crippen LogP contribution < -0.4 is 4.74 Å². The van der Waals surface area contributed by atoms with Crippen LogP contribution in [0.4, 0.5) is 4.39 Å². The van der Waals surface area contributed by atoms with Gasteiger partial charge in [0.2, 0.25) is 0 Å². The third-order valence-corrected chi connectivity index (χ3v) is 3.94. The summed E-state index contributed by atoms with van der Waals surface area (Å²) < 4.78 is 19.7. The lowest BCUT2D eigenvalue weighted by Crippen LogP contribution is -2.00. The van der Waals surface area contributed by atoms with Crippen LogP contribution in [0.1, 0.15) is 15.9 Å². The average molecular weight is 404 g/mol. The zero-order valence-corrected chi connectivity index (χ0v) is 13.2. The molecule has 2 aromatic rings. The summed E-state index contributed by atoms with van der Waals surface area (Å²) in [7, 11) is 0. The first-order valence-electron chi connectivity index (χ1n) is 5.57. The zero-order chi connectivity index (χ0) is 14.7. The molecule has 104 valence electrons. The van der Waals surface area contributed by atoms with Crippen LogP contribution in [0.15, 0.2) is 45.3 Å². The van der Waals surface area contributed by atoms with Gasteiger partial charge in [-0.15, -0.1) is 0 Å². The SMILES string of the molecule is O=C(O)c1ccc(COc2ccc(F)cc2Br)c(Br)c1. The molecule has 0 saturated carbocycles. The van der Waals surface area contributed by atoms with E-state index in [1.165, 1.54) is 30.3 Å². The molecule has 0 unspecified atom stereocenters.